The molecule has 3 heterocycles. The maximum atomic E-state index is 14.1. The Morgan fingerprint density at radius 3 is 2.71 bits per heavy atom. The molecule has 0 fully saturated rings. The van der Waals surface area contributed by atoms with Crippen molar-refractivity contribution in [2.75, 3.05) is 20.5 Å². The molecule has 4 aromatic rings. The van der Waals surface area contributed by atoms with Crippen LogP contribution in [0.3, 0.4) is 0 Å². The summed E-state index contributed by atoms with van der Waals surface area (Å²) < 4.78 is 42.1. The van der Waals surface area contributed by atoms with E-state index < -0.39 is 23.2 Å². The van der Waals surface area contributed by atoms with E-state index in [0.717, 1.165) is 11.6 Å². The Kier molecular flexibility index (Phi) is 5.75. The van der Waals surface area contributed by atoms with Crippen molar-refractivity contribution in [3.8, 4) is 23.0 Å². The molecule has 1 atom stereocenters. The summed E-state index contributed by atoms with van der Waals surface area (Å²) in [7, 11) is 1.50. The molecular weight excluding hydrogens is 493 g/mol. The summed E-state index contributed by atoms with van der Waals surface area (Å²) in [6.07, 6.45) is 1.61. The number of fused-ring (bicyclic) bond motifs is 3. The van der Waals surface area contributed by atoms with Crippen LogP contribution in [0.15, 0.2) is 76.5 Å². The van der Waals surface area contributed by atoms with Crippen molar-refractivity contribution >= 4 is 16.9 Å². The number of nitrogens with zero attached hydrogens (tertiary/aromatic N) is 1. The molecule has 1 aromatic heterocycles. The average molecular weight is 515 g/mol. The lowest BCUT2D eigenvalue weighted by atomic mass is 9.97. The van der Waals surface area contributed by atoms with Gasteiger partial charge >= 0.3 is 0 Å². The van der Waals surface area contributed by atoms with E-state index in [1.54, 1.807) is 41.3 Å². The van der Waals surface area contributed by atoms with Gasteiger partial charge in [0, 0.05) is 6.54 Å². The molecule has 0 bridgehead atoms. The molecule has 8 nitrogen and oxygen atoms in total. The van der Waals surface area contributed by atoms with Crippen LogP contribution < -0.4 is 24.4 Å². The van der Waals surface area contributed by atoms with Crippen molar-refractivity contribution in [2.45, 2.75) is 12.6 Å². The fraction of sp³-hybridized carbons (Fsp3) is 0.172. The van der Waals surface area contributed by atoms with Crippen LogP contribution in [0, 0.1) is 5.82 Å². The quantitative estimate of drug-likeness (QED) is 0.321. The second-order valence-corrected chi connectivity index (χ2v) is 8.85. The maximum Gasteiger partial charge on any atom is 0.291 e. The second-order valence-electron chi connectivity index (χ2n) is 8.85. The zero-order chi connectivity index (χ0) is 26.4. The van der Waals surface area contributed by atoms with Crippen molar-refractivity contribution in [1.82, 2.24) is 4.90 Å². The Balaban J connectivity index is 1.51. The van der Waals surface area contributed by atoms with Gasteiger partial charge in [0.2, 0.25) is 12.6 Å². The highest BCUT2D eigenvalue weighted by atomic mass is 19.1. The number of carbonyl (C=O) groups is 1. The van der Waals surface area contributed by atoms with Crippen LogP contribution in [0.5, 0.6) is 23.0 Å². The van der Waals surface area contributed by atoms with Crippen molar-refractivity contribution in [2.24, 2.45) is 0 Å². The van der Waals surface area contributed by atoms with Gasteiger partial charge in [0.05, 0.1) is 24.1 Å². The van der Waals surface area contributed by atoms with E-state index in [-0.39, 0.29) is 42.2 Å². The van der Waals surface area contributed by atoms with Crippen LogP contribution in [0.2, 0.25) is 0 Å². The molecule has 2 aliphatic heterocycles. The van der Waals surface area contributed by atoms with Gasteiger partial charge in [0.25, 0.3) is 5.91 Å². The molecule has 9 heteroatoms. The second kappa shape index (κ2) is 9.26. The zero-order valence-electron chi connectivity index (χ0n) is 20.4. The van der Waals surface area contributed by atoms with Gasteiger partial charge < -0.3 is 28.3 Å². The molecule has 38 heavy (non-hydrogen) atoms. The van der Waals surface area contributed by atoms with Crippen molar-refractivity contribution in [3.63, 3.8) is 0 Å². The summed E-state index contributed by atoms with van der Waals surface area (Å²) in [4.78, 5) is 29.0. The fourth-order valence-electron chi connectivity index (χ4n) is 4.86. The number of benzene rings is 3. The molecule has 6 rings (SSSR count). The van der Waals surface area contributed by atoms with E-state index in [4.69, 9.17) is 23.4 Å². The number of halogens is 1. The van der Waals surface area contributed by atoms with E-state index in [0.29, 0.717) is 28.6 Å². The molecule has 192 valence electrons. The highest BCUT2D eigenvalue weighted by molar-refractivity contribution is 5.99. The number of ether oxygens (including phenoxy) is 4. The third-order valence-electron chi connectivity index (χ3n) is 6.58. The lowest BCUT2D eigenvalue weighted by molar-refractivity contribution is 0.0714. The van der Waals surface area contributed by atoms with Crippen LogP contribution in [-0.2, 0) is 6.54 Å². The number of carbonyl (C=O) groups excluding carboxylic acids is 1. The lowest BCUT2D eigenvalue weighted by Gasteiger charge is -2.26. The smallest absolute Gasteiger partial charge is 0.291 e. The molecule has 0 saturated heterocycles. The largest absolute Gasteiger partial charge is 0.493 e. The first-order valence-electron chi connectivity index (χ1n) is 11.9. The van der Waals surface area contributed by atoms with E-state index in [9.17, 15) is 14.0 Å². The summed E-state index contributed by atoms with van der Waals surface area (Å²) in [5, 5.41) is 0.0596. The summed E-state index contributed by atoms with van der Waals surface area (Å²) in [6.45, 7) is 4.20. The molecule has 1 amide bonds. The Labute approximate surface area is 216 Å². The normalized spacial score (nSPS) is 15.6. The summed E-state index contributed by atoms with van der Waals surface area (Å²) >= 11 is 0. The number of methoxy groups -OCH3 is 1. The minimum Gasteiger partial charge on any atom is -0.493 e. The summed E-state index contributed by atoms with van der Waals surface area (Å²) in [6, 6.07) is 13.4. The van der Waals surface area contributed by atoms with Gasteiger partial charge in [-0.3, -0.25) is 9.59 Å². The number of hydrogen-bond acceptors (Lipinski definition) is 7. The maximum absolute atomic E-state index is 14.1. The molecule has 2 aliphatic rings. The van der Waals surface area contributed by atoms with Crippen LogP contribution in [-0.4, -0.2) is 31.3 Å². The Hall–Kier alpha value is -4.79. The fourth-order valence-corrected chi connectivity index (χ4v) is 4.86. The summed E-state index contributed by atoms with van der Waals surface area (Å²) in [5.41, 5.74) is 1.16. The Bertz CT molecular complexity index is 1660. The SMILES string of the molecule is C=CCOc1ccc([C@H]2c3c(oc4ccc(F)cc4c3=O)C(=O)N2Cc2ccc3c(c2)OCO3)cc1OC. The third kappa shape index (κ3) is 3.83. The molecular formula is C29H22FNO7. The first kappa shape index (κ1) is 23.6. The molecule has 0 saturated carbocycles. The predicted molar refractivity (Wildman–Crippen MR) is 135 cm³/mol. The number of rotatable bonds is 7. The van der Waals surface area contributed by atoms with Crippen LogP contribution in [0.4, 0.5) is 4.39 Å². The topological polar surface area (TPSA) is 87.4 Å². The first-order chi connectivity index (χ1) is 18.5. The third-order valence-corrected chi connectivity index (χ3v) is 6.58. The van der Waals surface area contributed by atoms with Gasteiger partial charge in [-0.15, -0.1) is 0 Å². The van der Waals surface area contributed by atoms with Crippen molar-refractivity contribution in [3.05, 3.63) is 106 Å². The lowest BCUT2D eigenvalue weighted by Crippen LogP contribution is -2.29. The van der Waals surface area contributed by atoms with Gasteiger partial charge in [0.15, 0.2) is 28.4 Å². The van der Waals surface area contributed by atoms with Crippen molar-refractivity contribution in [1.29, 1.82) is 0 Å². The van der Waals surface area contributed by atoms with E-state index >= 15 is 0 Å². The predicted octanol–water partition coefficient (Wildman–Crippen LogP) is 4.98. The zero-order valence-corrected chi connectivity index (χ0v) is 20.4. The van der Waals surface area contributed by atoms with E-state index in [1.165, 1.54) is 19.2 Å². The summed E-state index contributed by atoms with van der Waals surface area (Å²) in [5.74, 6) is 0.978. The van der Waals surface area contributed by atoms with Crippen LogP contribution in [0.25, 0.3) is 11.0 Å². The molecule has 0 radical (unpaired) electrons. The molecule has 0 unspecified atom stereocenters. The monoisotopic (exact) mass is 515 g/mol. The van der Waals surface area contributed by atoms with Crippen LogP contribution >= 0.6 is 0 Å². The van der Waals surface area contributed by atoms with Gasteiger partial charge in [0.1, 0.15) is 18.0 Å². The van der Waals surface area contributed by atoms with Gasteiger partial charge in [-0.1, -0.05) is 24.8 Å². The average Bonchev–Trinajstić information content (AvgIpc) is 3.50. The number of hydrogen-bond donors (Lipinski definition) is 0. The van der Waals surface area contributed by atoms with E-state index in [2.05, 4.69) is 6.58 Å². The highest BCUT2D eigenvalue weighted by Crippen LogP contribution is 2.42. The van der Waals surface area contributed by atoms with E-state index in [1.807, 2.05) is 6.07 Å². The van der Waals surface area contributed by atoms with Gasteiger partial charge in [-0.05, 0) is 53.6 Å². The molecule has 0 spiro atoms. The van der Waals surface area contributed by atoms with Crippen LogP contribution in [0.1, 0.15) is 33.3 Å². The Morgan fingerprint density at radius 2 is 1.89 bits per heavy atom. The minimum absolute atomic E-state index is 0.0596. The molecule has 0 N–H and O–H groups in total. The minimum atomic E-state index is -0.825. The van der Waals surface area contributed by atoms with Gasteiger partial charge in [-0.2, -0.15) is 0 Å². The van der Waals surface area contributed by atoms with Gasteiger partial charge in [-0.25, -0.2) is 4.39 Å². The molecule has 0 aliphatic carbocycles. The highest BCUT2D eigenvalue weighted by Gasteiger charge is 2.43. The number of amides is 1. The first-order valence-corrected chi connectivity index (χ1v) is 11.9. The molecule has 3 aromatic carbocycles. The Morgan fingerprint density at radius 1 is 1.05 bits per heavy atom. The van der Waals surface area contributed by atoms with Crippen molar-refractivity contribution < 1.29 is 32.5 Å². The standard InChI is InChI=1S/C29H22FNO7/c1-3-10-35-21-8-5-17(12-23(21)34-2)26-25-27(32)19-13-18(30)6-9-20(19)38-28(25)29(33)31(26)14-16-4-7-22-24(11-16)37-15-36-22/h3-9,11-13,26H,1,10,14-15H2,2H3/t26-/m0/s1.